The second-order valence-electron chi connectivity index (χ2n) is 4.56. The summed E-state index contributed by atoms with van der Waals surface area (Å²) in [6.45, 7) is 3.69. The fourth-order valence-corrected chi connectivity index (χ4v) is 3.20. The third kappa shape index (κ3) is 4.51. The quantitative estimate of drug-likeness (QED) is 0.757. The van der Waals surface area contributed by atoms with Gasteiger partial charge in [-0.1, -0.05) is 25.7 Å². The van der Waals surface area contributed by atoms with E-state index in [2.05, 4.69) is 4.72 Å². The average Bonchev–Trinajstić information content (AvgIpc) is 2.45. The van der Waals surface area contributed by atoms with Crippen molar-refractivity contribution < 1.29 is 8.42 Å². The predicted octanol–water partition coefficient (Wildman–Crippen LogP) is 2.28. The van der Waals surface area contributed by atoms with Crippen molar-refractivity contribution in [1.82, 2.24) is 4.72 Å². The number of hydrogen-bond donors (Lipinski definition) is 1. The van der Waals surface area contributed by atoms with E-state index in [0.717, 1.165) is 0 Å². The monoisotopic (exact) mass is 233 g/mol. The van der Waals surface area contributed by atoms with Crippen molar-refractivity contribution in [3.63, 3.8) is 0 Å². The minimum atomic E-state index is -3.03. The van der Waals surface area contributed by atoms with E-state index >= 15 is 0 Å². The lowest BCUT2D eigenvalue weighted by atomic mass is 9.94. The molecule has 0 saturated heterocycles. The fraction of sp³-hybridized carbons (Fsp3) is 1.00. The Hall–Kier alpha value is -0.0900. The van der Waals surface area contributed by atoms with E-state index in [4.69, 9.17) is 0 Å². The summed E-state index contributed by atoms with van der Waals surface area (Å²) in [6.07, 6.45) is 7.47. The Labute approximate surface area is 93.7 Å². The van der Waals surface area contributed by atoms with Gasteiger partial charge in [0.1, 0.15) is 0 Å². The predicted molar refractivity (Wildman–Crippen MR) is 63.3 cm³/mol. The van der Waals surface area contributed by atoms with Crippen LogP contribution in [0.4, 0.5) is 0 Å². The molecule has 0 heterocycles. The topological polar surface area (TPSA) is 46.2 Å². The van der Waals surface area contributed by atoms with Crippen molar-refractivity contribution in [1.29, 1.82) is 0 Å². The zero-order valence-electron chi connectivity index (χ0n) is 9.83. The Bertz CT molecular complexity index is 266. The number of nitrogens with one attached hydrogen (secondary N) is 1. The van der Waals surface area contributed by atoms with Crippen LogP contribution in [0, 0.1) is 5.92 Å². The highest BCUT2D eigenvalue weighted by Crippen LogP contribution is 2.25. The van der Waals surface area contributed by atoms with Crippen LogP contribution in [0.5, 0.6) is 0 Å². The zero-order valence-corrected chi connectivity index (χ0v) is 10.6. The molecule has 0 aromatic heterocycles. The summed E-state index contributed by atoms with van der Waals surface area (Å²) in [6, 6.07) is 0.105. The Balaban J connectivity index is 2.47. The van der Waals surface area contributed by atoms with Gasteiger partial charge in [0.05, 0.1) is 5.75 Å². The minimum Gasteiger partial charge on any atom is -0.212 e. The maximum absolute atomic E-state index is 11.4. The first kappa shape index (κ1) is 13.0. The van der Waals surface area contributed by atoms with Crippen molar-refractivity contribution in [2.24, 2.45) is 5.92 Å². The highest BCUT2D eigenvalue weighted by Gasteiger charge is 2.22. The van der Waals surface area contributed by atoms with Gasteiger partial charge in [-0.2, -0.15) is 0 Å². The molecule has 1 fully saturated rings. The summed E-state index contributed by atoms with van der Waals surface area (Å²) in [5.74, 6) is 0.721. The van der Waals surface area contributed by atoms with Crippen molar-refractivity contribution in [2.75, 3.05) is 5.75 Å². The lowest BCUT2D eigenvalue weighted by Gasteiger charge is -2.23. The Morgan fingerprint density at radius 2 is 1.73 bits per heavy atom. The highest BCUT2D eigenvalue weighted by atomic mass is 32.2. The van der Waals surface area contributed by atoms with Crippen LogP contribution < -0.4 is 4.72 Å². The molecule has 3 nitrogen and oxygen atoms in total. The van der Waals surface area contributed by atoms with Gasteiger partial charge < -0.3 is 0 Å². The second kappa shape index (κ2) is 5.85. The number of hydrogen-bond acceptors (Lipinski definition) is 2. The Morgan fingerprint density at radius 1 is 1.20 bits per heavy atom. The summed E-state index contributed by atoms with van der Waals surface area (Å²) in [5.41, 5.74) is 0. The van der Waals surface area contributed by atoms with Crippen molar-refractivity contribution in [2.45, 2.75) is 58.4 Å². The Kier molecular flexibility index (Phi) is 5.06. The molecule has 4 heteroatoms. The number of sulfonamides is 1. The molecular weight excluding hydrogens is 210 g/mol. The first-order valence-electron chi connectivity index (χ1n) is 6.05. The molecule has 0 aromatic rings. The van der Waals surface area contributed by atoms with Gasteiger partial charge >= 0.3 is 0 Å². The standard InChI is InChI=1S/C11H23NO2S/c1-3-15(13,14)12-10(2)11-8-6-4-5-7-9-11/h10-12H,3-9H2,1-2H3/t10-/m1/s1. The molecule has 0 aliphatic heterocycles. The summed E-state index contributed by atoms with van der Waals surface area (Å²) < 4.78 is 25.6. The molecule has 15 heavy (non-hydrogen) atoms. The molecule has 0 unspecified atom stereocenters. The van der Waals surface area contributed by atoms with Crippen molar-refractivity contribution in [3.05, 3.63) is 0 Å². The zero-order chi connectivity index (χ0) is 11.3. The highest BCUT2D eigenvalue weighted by molar-refractivity contribution is 7.89. The van der Waals surface area contributed by atoms with E-state index in [9.17, 15) is 8.42 Å². The van der Waals surface area contributed by atoms with Gasteiger partial charge in [-0.25, -0.2) is 13.1 Å². The van der Waals surface area contributed by atoms with E-state index in [-0.39, 0.29) is 11.8 Å². The van der Waals surface area contributed by atoms with Crippen molar-refractivity contribution in [3.8, 4) is 0 Å². The fourth-order valence-electron chi connectivity index (χ4n) is 2.27. The maximum atomic E-state index is 11.4. The molecule has 1 saturated carbocycles. The molecule has 0 amide bonds. The van der Waals surface area contributed by atoms with E-state index < -0.39 is 10.0 Å². The summed E-state index contributed by atoms with van der Waals surface area (Å²) >= 11 is 0. The van der Waals surface area contributed by atoms with E-state index in [1.807, 2.05) is 6.92 Å². The van der Waals surface area contributed by atoms with Crippen LogP contribution >= 0.6 is 0 Å². The molecule has 1 N–H and O–H groups in total. The number of rotatable bonds is 4. The first-order chi connectivity index (χ1) is 7.05. The van der Waals surface area contributed by atoms with Gasteiger partial charge in [0.25, 0.3) is 0 Å². The van der Waals surface area contributed by atoms with Crippen molar-refractivity contribution >= 4 is 10.0 Å². The SMILES string of the molecule is CCS(=O)(=O)N[C@H](C)C1CCCCCC1. The van der Waals surface area contributed by atoms with E-state index in [1.54, 1.807) is 6.92 Å². The molecule has 0 radical (unpaired) electrons. The lowest BCUT2D eigenvalue weighted by Crippen LogP contribution is -2.38. The lowest BCUT2D eigenvalue weighted by molar-refractivity contribution is 0.371. The van der Waals surface area contributed by atoms with Gasteiger partial charge in [-0.15, -0.1) is 0 Å². The van der Waals surface area contributed by atoms with Crippen LogP contribution in [-0.2, 0) is 10.0 Å². The molecule has 0 bridgehead atoms. The van der Waals surface area contributed by atoms with Gasteiger partial charge in [-0.05, 0) is 32.6 Å². The van der Waals surface area contributed by atoms with E-state index in [1.165, 1.54) is 38.5 Å². The summed E-state index contributed by atoms with van der Waals surface area (Å²) in [4.78, 5) is 0. The largest absolute Gasteiger partial charge is 0.212 e. The Morgan fingerprint density at radius 3 is 2.20 bits per heavy atom. The van der Waals surface area contributed by atoms with Crippen LogP contribution in [0.25, 0.3) is 0 Å². The average molecular weight is 233 g/mol. The molecule has 90 valence electrons. The smallest absolute Gasteiger partial charge is 0.211 e. The maximum Gasteiger partial charge on any atom is 0.211 e. The minimum absolute atomic E-state index is 0.105. The third-order valence-electron chi connectivity index (χ3n) is 3.35. The molecule has 0 spiro atoms. The second-order valence-corrected chi connectivity index (χ2v) is 6.60. The molecule has 1 rings (SSSR count). The molecular formula is C11H23NO2S. The summed E-state index contributed by atoms with van der Waals surface area (Å²) in [7, 11) is -3.03. The third-order valence-corrected chi connectivity index (χ3v) is 4.84. The van der Waals surface area contributed by atoms with Gasteiger partial charge in [0.2, 0.25) is 10.0 Å². The van der Waals surface area contributed by atoms with Crippen LogP contribution in [0.15, 0.2) is 0 Å². The van der Waals surface area contributed by atoms with Crippen LogP contribution in [-0.4, -0.2) is 20.2 Å². The molecule has 1 aliphatic carbocycles. The van der Waals surface area contributed by atoms with Gasteiger partial charge in [0.15, 0.2) is 0 Å². The van der Waals surface area contributed by atoms with E-state index in [0.29, 0.717) is 5.92 Å². The van der Waals surface area contributed by atoms with Crippen LogP contribution in [0.2, 0.25) is 0 Å². The van der Waals surface area contributed by atoms with Gasteiger partial charge in [0, 0.05) is 6.04 Å². The van der Waals surface area contributed by atoms with Gasteiger partial charge in [-0.3, -0.25) is 0 Å². The van der Waals surface area contributed by atoms with Crippen LogP contribution in [0.1, 0.15) is 52.4 Å². The first-order valence-corrected chi connectivity index (χ1v) is 7.70. The molecule has 1 atom stereocenters. The van der Waals surface area contributed by atoms with Crippen LogP contribution in [0.3, 0.4) is 0 Å². The normalized spacial score (nSPS) is 22.3. The summed E-state index contributed by atoms with van der Waals surface area (Å²) in [5, 5.41) is 0. The molecule has 0 aromatic carbocycles. The molecule has 1 aliphatic rings.